The Morgan fingerprint density at radius 2 is 1.61 bits per heavy atom. The summed E-state index contributed by atoms with van der Waals surface area (Å²) in [6, 6.07) is 22.8. The van der Waals surface area contributed by atoms with E-state index in [-0.39, 0.29) is 27.7 Å². The summed E-state index contributed by atoms with van der Waals surface area (Å²) in [5.41, 5.74) is 1.49. The number of hydrogen-bond acceptors (Lipinski definition) is 5. The van der Waals surface area contributed by atoms with Crippen molar-refractivity contribution in [1.29, 1.82) is 0 Å². The van der Waals surface area contributed by atoms with Crippen LogP contribution < -0.4 is 5.32 Å². The molecule has 0 fully saturated rings. The Morgan fingerprint density at radius 3 is 2.29 bits per heavy atom. The average Bonchev–Trinajstić information content (AvgIpc) is 3.19. The zero-order valence-electron chi connectivity index (χ0n) is 16.4. The second-order valence-electron chi connectivity index (χ2n) is 6.87. The van der Waals surface area contributed by atoms with Crippen molar-refractivity contribution < 1.29 is 12.8 Å². The van der Waals surface area contributed by atoms with Gasteiger partial charge >= 0.3 is 0 Å². The molecule has 0 aliphatic heterocycles. The van der Waals surface area contributed by atoms with Crippen molar-refractivity contribution in [2.24, 2.45) is 0 Å². The lowest BCUT2D eigenvalue weighted by Crippen LogP contribution is -2.10. The summed E-state index contributed by atoms with van der Waals surface area (Å²) in [4.78, 5) is 4.46. The van der Waals surface area contributed by atoms with Crippen LogP contribution in [-0.2, 0) is 9.84 Å². The summed E-state index contributed by atoms with van der Waals surface area (Å²) in [5.74, 6) is 0.193. The first-order valence-electron chi connectivity index (χ1n) is 9.44. The monoisotopic (exact) mass is 516 g/mol. The van der Waals surface area contributed by atoms with E-state index in [1.807, 2.05) is 37.3 Å². The van der Waals surface area contributed by atoms with Gasteiger partial charge in [0.05, 0.1) is 21.5 Å². The van der Waals surface area contributed by atoms with Gasteiger partial charge in [-0.25, -0.2) is 8.42 Å². The molecule has 31 heavy (non-hydrogen) atoms. The van der Waals surface area contributed by atoms with Crippen LogP contribution in [0.4, 0.5) is 5.88 Å². The fraction of sp³-hybridized carbons (Fsp3) is 0.0870. The van der Waals surface area contributed by atoms with Crippen LogP contribution >= 0.6 is 27.5 Å². The summed E-state index contributed by atoms with van der Waals surface area (Å²) in [5, 5.41) is 3.39. The van der Waals surface area contributed by atoms with E-state index < -0.39 is 9.84 Å². The fourth-order valence-electron chi connectivity index (χ4n) is 3.08. The minimum absolute atomic E-state index is 0.0641. The van der Waals surface area contributed by atoms with Gasteiger partial charge in [-0.05, 0) is 48.9 Å². The maximum absolute atomic E-state index is 13.4. The molecule has 0 spiro atoms. The molecule has 3 aromatic carbocycles. The fourth-order valence-corrected chi connectivity index (χ4v) is 4.82. The highest BCUT2D eigenvalue weighted by Gasteiger charge is 2.30. The molecule has 4 rings (SSSR count). The van der Waals surface area contributed by atoms with Gasteiger partial charge in [-0.3, -0.25) is 0 Å². The summed E-state index contributed by atoms with van der Waals surface area (Å²) in [6.07, 6.45) is 0. The first-order chi connectivity index (χ1) is 14.9. The molecule has 1 atom stereocenters. The minimum Gasteiger partial charge on any atom is -0.419 e. The first-order valence-corrected chi connectivity index (χ1v) is 12.1. The summed E-state index contributed by atoms with van der Waals surface area (Å²) in [6.45, 7) is 1.92. The number of rotatable bonds is 6. The molecule has 0 bridgehead atoms. The van der Waals surface area contributed by atoms with Crippen molar-refractivity contribution >= 4 is 43.3 Å². The third-order valence-electron chi connectivity index (χ3n) is 4.73. The molecule has 0 saturated heterocycles. The minimum atomic E-state index is -3.95. The number of hydrogen-bond donors (Lipinski definition) is 1. The molecule has 0 aliphatic carbocycles. The molecule has 1 aromatic heterocycles. The van der Waals surface area contributed by atoms with Gasteiger partial charge in [-0.1, -0.05) is 70.0 Å². The lowest BCUT2D eigenvalue weighted by molar-refractivity contribution is 0.570. The lowest BCUT2D eigenvalue weighted by atomic mass is 10.1. The van der Waals surface area contributed by atoms with E-state index in [4.69, 9.17) is 16.0 Å². The van der Waals surface area contributed by atoms with E-state index in [1.54, 1.807) is 36.4 Å². The van der Waals surface area contributed by atoms with Crippen LogP contribution in [-0.4, -0.2) is 13.4 Å². The van der Waals surface area contributed by atoms with E-state index >= 15 is 0 Å². The molecule has 1 N–H and O–H groups in total. The number of sulfone groups is 1. The van der Waals surface area contributed by atoms with Crippen LogP contribution in [0.25, 0.3) is 11.5 Å². The van der Waals surface area contributed by atoms with Gasteiger partial charge in [0.25, 0.3) is 0 Å². The molecule has 5 nitrogen and oxygen atoms in total. The molecular weight excluding hydrogens is 500 g/mol. The van der Waals surface area contributed by atoms with Crippen LogP contribution in [0.5, 0.6) is 0 Å². The highest BCUT2D eigenvalue weighted by atomic mass is 79.9. The number of aromatic nitrogens is 1. The topological polar surface area (TPSA) is 72.2 Å². The van der Waals surface area contributed by atoms with Crippen LogP contribution in [0, 0.1) is 0 Å². The molecular formula is C23H18BrClN2O3S. The third-order valence-corrected chi connectivity index (χ3v) is 7.26. The number of anilines is 1. The predicted octanol–water partition coefficient (Wildman–Crippen LogP) is 6.76. The normalized spacial score (nSPS) is 12.5. The van der Waals surface area contributed by atoms with Crippen LogP contribution in [0.3, 0.4) is 0 Å². The average molecular weight is 518 g/mol. The molecule has 0 radical (unpaired) electrons. The second-order valence-corrected chi connectivity index (χ2v) is 10.1. The molecule has 4 aromatic rings. The zero-order chi connectivity index (χ0) is 22.0. The largest absolute Gasteiger partial charge is 0.419 e. The number of nitrogens with zero attached hydrogens (tertiary/aromatic N) is 1. The van der Waals surface area contributed by atoms with Crippen molar-refractivity contribution in [3.63, 3.8) is 0 Å². The van der Waals surface area contributed by atoms with Crippen molar-refractivity contribution in [3.8, 4) is 11.5 Å². The van der Waals surface area contributed by atoms with Crippen LogP contribution in [0.2, 0.25) is 5.02 Å². The highest BCUT2D eigenvalue weighted by molar-refractivity contribution is 9.10. The molecule has 0 aliphatic rings. The van der Waals surface area contributed by atoms with E-state index in [2.05, 4.69) is 26.2 Å². The van der Waals surface area contributed by atoms with Gasteiger partial charge in [0.2, 0.25) is 26.6 Å². The quantitative estimate of drug-likeness (QED) is 0.306. The number of oxazole rings is 1. The summed E-state index contributed by atoms with van der Waals surface area (Å²) < 4.78 is 33.5. The van der Waals surface area contributed by atoms with Gasteiger partial charge in [-0.15, -0.1) is 0 Å². The standard InChI is InChI=1S/C23H18BrClN2O3S/c1-15(16-7-3-2-4-8-16)26-22-23(31(28,29)18-13-11-17(24)12-14-18)27-21(30-22)19-9-5-6-10-20(19)25/h2-15,26H,1H3. The summed E-state index contributed by atoms with van der Waals surface area (Å²) >= 11 is 9.62. The molecule has 158 valence electrons. The Hall–Kier alpha value is -2.61. The van der Waals surface area contributed by atoms with Gasteiger partial charge in [0, 0.05) is 4.47 Å². The maximum Gasteiger partial charge on any atom is 0.234 e. The van der Waals surface area contributed by atoms with Crippen LogP contribution in [0.15, 0.2) is 97.7 Å². The Labute approximate surface area is 194 Å². The second kappa shape index (κ2) is 8.86. The molecule has 8 heteroatoms. The van der Waals surface area contributed by atoms with E-state index in [1.165, 1.54) is 12.1 Å². The van der Waals surface area contributed by atoms with Gasteiger partial charge in [0.1, 0.15) is 0 Å². The zero-order valence-corrected chi connectivity index (χ0v) is 19.6. The first kappa shape index (κ1) is 21.6. The van der Waals surface area contributed by atoms with E-state index in [0.717, 1.165) is 10.0 Å². The van der Waals surface area contributed by atoms with E-state index in [9.17, 15) is 8.42 Å². The molecule has 1 unspecified atom stereocenters. The predicted molar refractivity (Wildman–Crippen MR) is 125 cm³/mol. The highest BCUT2D eigenvalue weighted by Crippen LogP contribution is 2.36. The lowest BCUT2D eigenvalue weighted by Gasteiger charge is -2.14. The Balaban J connectivity index is 1.82. The Morgan fingerprint density at radius 1 is 0.968 bits per heavy atom. The van der Waals surface area contributed by atoms with Crippen LogP contribution in [0.1, 0.15) is 18.5 Å². The number of benzene rings is 3. The van der Waals surface area contributed by atoms with Crippen molar-refractivity contribution in [1.82, 2.24) is 4.98 Å². The smallest absolute Gasteiger partial charge is 0.234 e. The number of halogens is 2. The van der Waals surface area contributed by atoms with Gasteiger partial charge < -0.3 is 9.73 Å². The molecule has 1 heterocycles. The Kier molecular flexibility index (Phi) is 6.18. The van der Waals surface area contributed by atoms with Crippen molar-refractivity contribution in [3.05, 3.63) is 93.9 Å². The van der Waals surface area contributed by atoms with E-state index in [0.29, 0.717) is 10.6 Å². The SMILES string of the molecule is CC(Nc1oc(-c2ccccc2Cl)nc1S(=O)(=O)c1ccc(Br)cc1)c1ccccc1. The summed E-state index contributed by atoms with van der Waals surface area (Å²) in [7, 11) is -3.95. The van der Waals surface area contributed by atoms with Gasteiger partial charge in [0.15, 0.2) is 0 Å². The number of nitrogens with one attached hydrogen (secondary N) is 1. The third kappa shape index (κ3) is 4.54. The van der Waals surface area contributed by atoms with Crippen molar-refractivity contribution in [2.45, 2.75) is 22.9 Å². The van der Waals surface area contributed by atoms with Gasteiger partial charge in [-0.2, -0.15) is 4.98 Å². The Bertz CT molecular complexity index is 1310. The molecule has 0 saturated carbocycles. The maximum atomic E-state index is 13.4. The van der Waals surface area contributed by atoms with Crippen molar-refractivity contribution in [2.75, 3.05) is 5.32 Å². The molecule has 0 amide bonds.